The van der Waals surface area contributed by atoms with Gasteiger partial charge in [-0.1, -0.05) is 12.1 Å². The number of benzene rings is 1. The van der Waals surface area contributed by atoms with Crippen LogP contribution >= 0.6 is 12.6 Å². The molecule has 0 fully saturated rings. The predicted molar refractivity (Wildman–Crippen MR) is 60.2 cm³/mol. The molecule has 14 heavy (non-hydrogen) atoms. The van der Waals surface area contributed by atoms with Gasteiger partial charge in [0.05, 0.1) is 5.56 Å². The molecule has 0 atom stereocenters. The summed E-state index contributed by atoms with van der Waals surface area (Å²) in [5, 5.41) is 9.02. The number of aryl methyl sites for hydroxylation is 1. The SMILES string of the molecule is Cc1cccc(C(=O)O)c1C(C)(C)S. The Balaban J connectivity index is 3.45. The molecule has 0 spiro atoms. The van der Waals surface area contributed by atoms with Crippen molar-refractivity contribution in [2.45, 2.75) is 25.5 Å². The minimum atomic E-state index is -0.897. The molecular weight excluding hydrogens is 196 g/mol. The first-order chi connectivity index (χ1) is 6.34. The fraction of sp³-hybridized carbons (Fsp3) is 0.364. The molecule has 0 heterocycles. The molecule has 1 N–H and O–H groups in total. The molecule has 1 aromatic carbocycles. The standard InChI is InChI=1S/C11H14O2S/c1-7-5-4-6-8(10(12)13)9(7)11(2,3)14/h4-6,14H,1-3H3,(H,12,13). The van der Waals surface area contributed by atoms with Crippen LogP contribution in [0, 0.1) is 6.92 Å². The van der Waals surface area contributed by atoms with E-state index in [1.165, 1.54) is 0 Å². The number of carbonyl (C=O) groups is 1. The lowest BCUT2D eigenvalue weighted by Crippen LogP contribution is -2.16. The van der Waals surface area contributed by atoms with Crippen molar-refractivity contribution < 1.29 is 9.90 Å². The van der Waals surface area contributed by atoms with Crippen molar-refractivity contribution in [3.8, 4) is 0 Å². The summed E-state index contributed by atoms with van der Waals surface area (Å²) in [5.41, 5.74) is 2.09. The number of carboxylic acids is 1. The Morgan fingerprint density at radius 1 is 1.43 bits per heavy atom. The van der Waals surface area contributed by atoms with Gasteiger partial charge in [0.2, 0.25) is 0 Å². The van der Waals surface area contributed by atoms with E-state index in [1.807, 2.05) is 26.8 Å². The summed E-state index contributed by atoms with van der Waals surface area (Å²) in [6.07, 6.45) is 0. The molecule has 0 aliphatic carbocycles. The van der Waals surface area contributed by atoms with Crippen LogP contribution in [0.2, 0.25) is 0 Å². The smallest absolute Gasteiger partial charge is 0.336 e. The predicted octanol–water partition coefficient (Wildman–Crippen LogP) is 2.86. The molecular formula is C11H14O2S. The zero-order valence-corrected chi connectivity index (χ0v) is 9.43. The summed E-state index contributed by atoms with van der Waals surface area (Å²) in [7, 11) is 0. The highest BCUT2D eigenvalue weighted by Gasteiger charge is 2.23. The normalized spacial score (nSPS) is 11.4. The Kier molecular flexibility index (Phi) is 2.90. The zero-order chi connectivity index (χ0) is 10.9. The van der Waals surface area contributed by atoms with Crippen LogP contribution in [-0.2, 0) is 4.75 Å². The van der Waals surface area contributed by atoms with Crippen molar-refractivity contribution in [3.05, 3.63) is 34.9 Å². The van der Waals surface area contributed by atoms with Crippen LogP contribution in [-0.4, -0.2) is 11.1 Å². The number of aromatic carboxylic acids is 1. The van der Waals surface area contributed by atoms with E-state index >= 15 is 0 Å². The molecule has 2 nitrogen and oxygen atoms in total. The average Bonchev–Trinajstić information content (AvgIpc) is 2.01. The van der Waals surface area contributed by atoms with Crippen molar-refractivity contribution in [3.63, 3.8) is 0 Å². The highest BCUT2D eigenvalue weighted by molar-refractivity contribution is 7.81. The second-order valence-corrected chi connectivity index (χ2v) is 4.98. The van der Waals surface area contributed by atoms with Crippen LogP contribution in [0.15, 0.2) is 18.2 Å². The minimum absolute atomic E-state index is 0.338. The molecule has 0 aliphatic heterocycles. The summed E-state index contributed by atoms with van der Waals surface area (Å²) in [5.74, 6) is -0.897. The third kappa shape index (κ3) is 2.10. The van der Waals surface area contributed by atoms with Crippen LogP contribution < -0.4 is 0 Å². The second kappa shape index (κ2) is 3.65. The molecule has 0 saturated heterocycles. The van der Waals surface area contributed by atoms with Gasteiger partial charge in [-0.2, -0.15) is 12.6 Å². The Morgan fingerprint density at radius 3 is 2.36 bits per heavy atom. The van der Waals surface area contributed by atoms with Crippen molar-refractivity contribution in [1.29, 1.82) is 0 Å². The monoisotopic (exact) mass is 210 g/mol. The lowest BCUT2D eigenvalue weighted by Gasteiger charge is -2.22. The Bertz CT molecular complexity index is 364. The van der Waals surface area contributed by atoms with Crippen LogP contribution in [0.4, 0.5) is 0 Å². The maximum atomic E-state index is 11.0. The molecule has 0 aliphatic rings. The summed E-state index contributed by atoms with van der Waals surface area (Å²) in [6, 6.07) is 5.27. The summed E-state index contributed by atoms with van der Waals surface area (Å²) < 4.78 is -0.431. The maximum absolute atomic E-state index is 11.0. The van der Waals surface area contributed by atoms with Gasteiger partial charge in [-0.25, -0.2) is 4.79 Å². The van der Waals surface area contributed by atoms with Crippen LogP contribution in [0.5, 0.6) is 0 Å². The first-order valence-electron chi connectivity index (χ1n) is 4.40. The number of carboxylic acid groups (broad SMARTS) is 1. The van der Waals surface area contributed by atoms with E-state index in [-0.39, 0.29) is 0 Å². The first-order valence-corrected chi connectivity index (χ1v) is 4.84. The van der Waals surface area contributed by atoms with E-state index in [1.54, 1.807) is 12.1 Å². The molecule has 1 aromatic rings. The lowest BCUT2D eigenvalue weighted by molar-refractivity contribution is 0.0695. The molecule has 0 radical (unpaired) electrons. The van der Waals surface area contributed by atoms with Crippen molar-refractivity contribution >= 4 is 18.6 Å². The van der Waals surface area contributed by atoms with E-state index in [4.69, 9.17) is 5.11 Å². The number of rotatable bonds is 2. The quantitative estimate of drug-likeness (QED) is 0.736. The highest BCUT2D eigenvalue weighted by Crippen LogP contribution is 2.32. The molecule has 0 amide bonds. The molecule has 76 valence electrons. The van der Waals surface area contributed by atoms with Gasteiger partial charge in [-0.3, -0.25) is 0 Å². The van der Waals surface area contributed by atoms with Crippen molar-refractivity contribution in [2.75, 3.05) is 0 Å². The van der Waals surface area contributed by atoms with Crippen LogP contribution in [0.1, 0.15) is 35.3 Å². The number of thiol groups is 1. The third-order valence-corrected chi connectivity index (χ3v) is 2.34. The molecule has 3 heteroatoms. The van der Waals surface area contributed by atoms with Crippen LogP contribution in [0.25, 0.3) is 0 Å². The minimum Gasteiger partial charge on any atom is -0.478 e. The highest BCUT2D eigenvalue weighted by atomic mass is 32.1. The lowest BCUT2D eigenvalue weighted by atomic mass is 9.92. The average molecular weight is 210 g/mol. The molecule has 0 aromatic heterocycles. The summed E-state index contributed by atoms with van der Waals surface area (Å²) in [6.45, 7) is 5.69. The van der Waals surface area contributed by atoms with Gasteiger partial charge in [0.1, 0.15) is 0 Å². The van der Waals surface area contributed by atoms with E-state index in [0.29, 0.717) is 5.56 Å². The zero-order valence-electron chi connectivity index (χ0n) is 8.53. The molecule has 0 saturated carbocycles. The molecule has 0 unspecified atom stereocenters. The first kappa shape index (κ1) is 11.1. The number of hydrogen-bond donors (Lipinski definition) is 2. The van der Waals surface area contributed by atoms with Gasteiger partial charge in [-0.15, -0.1) is 0 Å². The summed E-state index contributed by atoms with van der Waals surface area (Å²) >= 11 is 4.41. The Morgan fingerprint density at radius 2 is 2.00 bits per heavy atom. The van der Waals surface area contributed by atoms with Gasteiger partial charge < -0.3 is 5.11 Å². The Labute approximate surface area is 89.4 Å². The van der Waals surface area contributed by atoms with Crippen molar-refractivity contribution in [1.82, 2.24) is 0 Å². The van der Waals surface area contributed by atoms with E-state index in [0.717, 1.165) is 11.1 Å². The van der Waals surface area contributed by atoms with E-state index < -0.39 is 10.7 Å². The van der Waals surface area contributed by atoms with Gasteiger partial charge >= 0.3 is 5.97 Å². The maximum Gasteiger partial charge on any atom is 0.336 e. The van der Waals surface area contributed by atoms with Crippen LogP contribution in [0.3, 0.4) is 0 Å². The van der Waals surface area contributed by atoms with Gasteiger partial charge in [0.15, 0.2) is 0 Å². The van der Waals surface area contributed by atoms with Gasteiger partial charge in [0.25, 0.3) is 0 Å². The van der Waals surface area contributed by atoms with Gasteiger partial charge in [-0.05, 0) is 38.0 Å². The molecule has 1 rings (SSSR count). The fourth-order valence-corrected chi connectivity index (χ4v) is 1.95. The fourth-order valence-electron chi connectivity index (χ4n) is 1.66. The largest absolute Gasteiger partial charge is 0.478 e. The van der Waals surface area contributed by atoms with Gasteiger partial charge in [0, 0.05) is 4.75 Å². The third-order valence-electron chi connectivity index (χ3n) is 2.12. The summed E-state index contributed by atoms with van der Waals surface area (Å²) in [4.78, 5) is 11.0. The second-order valence-electron chi connectivity index (χ2n) is 3.86. The van der Waals surface area contributed by atoms with E-state index in [9.17, 15) is 4.79 Å². The van der Waals surface area contributed by atoms with Crippen molar-refractivity contribution in [2.24, 2.45) is 0 Å². The van der Waals surface area contributed by atoms with E-state index in [2.05, 4.69) is 12.6 Å². The topological polar surface area (TPSA) is 37.3 Å². The Hall–Kier alpha value is -0.960. The molecule has 0 bridgehead atoms. The number of hydrogen-bond acceptors (Lipinski definition) is 2.